The third-order valence-corrected chi connectivity index (χ3v) is 7.12. The number of H-pyrrole nitrogens is 1. The van der Waals surface area contributed by atoms with E-state index in [1.165, 1.54) is 23.1 Å². The number of carbonyl (C=O) groups is 2. The number of aromatic amines is 1. The second-order valence-corrected chi connectivity index (χ2v) is 9.60. The number of likely N-dealkylation sites (N-methyl/N-ethyl adjacent to an activating group) is 1. The van der Waals surface area contributed by atoms with Gasteiger partial charge in [0.1, 0.15) is 23.1 Å². The number of hydrogen-bond acceptors (Lipinski definition) is 5. The number of urea groups is 1. The second-order valence-electron chi connectivity index (χ2n) is 9.60. The van der Waals surface area contributed by atoms with Gasteiger partial charge in [0, 0.05) is 36.1 Å². The van der Waals surface area contributed by atoms with E-state index in [1.54, 1.807) is 36.1 Å². The highest BCUT2D eigenvalue weighted by molar-refractivity contribution is 6.08. The summed E-state index contributed by atoms with van der Waals surface area (Å²) >= 11 is 0. The Morgan fingerprint density at radius 1 is 1.30 bits per heavy atom. The highest BCUT2D eigenvalue weighted by atomic mass is 19.3. The molecule has 1 aromatic heterocycles. The lowest BCUT2D eigenvalue weighted by Gasteiger charge is -2.42. The Morgan fingerprint density at radius 2 is 2.08 bits per heavy atom. The van der Waals surface area contributed by atoms with Gasteiger partial charge < -0.3 is 14.8 Å². The minimum Gasteiger partial charge on any atom is -0.508 e. The molecule has 0 bridgehead atoms. The predicted octanol–water partition coefficient (Wildman–Crippen LogP) is 3.71. The molecule has 192 valence electrons. The predicted molar refractivity (Wildman–Crippen MR) is 132 cm³/mol. The van der Waals surface area contributed by atoms with Crippen molar-refractivity contribution in [1.29, 1.82) is 0 Å². The van der Waals surface area contributed by atoms with Crippen molar-refractivity contribution in [2.75, 3.05) is 26.7 Å². The molecule has 3 amide bonds. The zero-order valence-electron chi connectivity index (χ0n) is 20.4. The Hall–Kier alpha value is -4.10. The number of nitrogens with one attached hydrogen (secondary N) is 1. The molecule has 3 aromatic rings. The van der Waals surface area contributed by atoms with Crippen LogP contribution < -0.4 is 4.74 Å². The van der Waals surface area contributed by atoms with Crippen LogP contribution in [0.5, 0.6) is 11.5 Å². The van der Waals surface area contributed by atoms with Crippen LogP contribution in [0.15, 0.2) is 42.5 Å². The molecule has 2 N–H and O–H groups in total. The van der Waals surface area contributed by atoms with E-state index in [4.69, 9.17) is 6.42 Å². The van der Waals surface area contributed by atoms with Crippen molar-refractivity contribution >= 4 is 22.8 Å². The van der Waals surface area contributed by atoms with Crippen LogP contribution in [0.3, 0.4) is 0 Å². The molecule has 0 aliphatic carbocycles. The van der Waals surface area contributed by atoms with Gasteiger partial charge in [-0.1, -0.05) is 18.1 Å². The topological polar surface area (TPSA) is 89.1 Å². The lowest BCUT2D eigenvalue weighted by atomic mass is 9.81. The summed E-state index contributed by atoms with van der Waals surface area (Å²) in [5.41, 5.74) is 1.41. The molecule has 5 rings (SSSR count). The molecule has 2 unspecified atom stereocenters. The van der Waals surface area contributed by atoms with E-state index < -0.39 is 24.2 Å². The Morgan fingerprint density at radius 3 is 2.78 bits per heavy atom. The maximum atomic E-state index is 13.8. The molecular weight excluding hydrogens is 482 g/mol. The summed E-state index contributed by atoms with van der Waals surface area (Å²) < 4.78 is 30.4. The van der Waals surface area contributed by atoms with Crippen molar-refractivity contribution in [3.63, 3.8) is 0 Å². The first kappa shape index (κ1) is 24.6. The zero-order valence-corrected chi connectivity index (χ0v) is 20.4. The fraction of sp³-hybridized carbons (Fsp3) is 0.333. The maximum Gasteiger partial charge on any atom is 0.387 e. The number of benzene rings is 2. The number of halogens is 2. The third-order valence-electron chi connectivity index (χ3n) is 7.12. The Kier molecular flexibility index (Phi) is 6.04. The van der Waals surface area contributed by atoms with Gasteiger partial charge in [-0.3, -0.25) is 19.5 Å². The number of nitrogens with zero attached hydrogens (tertiary/aromatic N) is 3. The summed E-state index contributed by atoms with van der Waals surface area (Å²) in [5, 5.41) is 10.9. The monoisotopic (exact) mass is 508 g/mol. The van der Waals surface area contributed by atoms with E-state index >= 15 is 0 Å². The van der Waals surface area contributed by atoms with Crippen LogP contribution in [0.25, 0.3) is 10.9 Å². The molecule has 3 heterocycles. The van der Waals surface area contributed by atoms with Crippen molar-refractivity contribution in [1.82, 2.24) is 19.7 Å². The molecule has 0 saturated carbocycles. The molecule has 1 saturated heterocycles. The smallest absolute Gasteiger partial charge is 0.387 e. The van der Waals surface area contributed by atoms with E-state index in [1.807, 2.05) is 11.9 Å². The van der Waals surface area contributed by atoms with Crippen molar-refractivity contribution in [2.45, 2.75) is 31.5 Å². The number of terminal acetylenes is 1. The van der Waals surface area contributed by atoms with Gasteiger partial charge in [0.15, 0.2) is 0 Å². The molecule has 37 heavy (non-hydrogen) atoms. The quantitative estimate of drug-likeness (QED) is 0.375. The van der Waals surface area contributed by atoms with Crippen LogP contribution >= 0.6 is 0 Å². The number of imide groups is 1. The third kappa shape index (κ3) is 4.05. The van der Waals surface area contributed by atoms with E-state index in [0.717, 1.165) is 5.56 Å². The largest absolute Gasteiger partial charge is 0.508 e. The van der Waals surface area contributed by atoms with Gasteiger partial charge in [-0.2, -0.15) is 8.78 Å². The van der Waals surface area contributed by atoms with Crippen LogP contribution in [-0.4, -0.2) is 75.6 Å². The van der Waals surface area contributed by atoms with Crippen molar-refractivity contribution < 1.29 is 28.2 Å². The number of rotatable bonds is 7. The number of aromatic nitrogens is 1. The summed E-state index contributed by atoms with van der Waals surface area (Å²) in [6.07, 6.45) is 5.55. The minimum atomic E-state index is -2.98. The number of ether oxygens (including phenoxy) is 1. The number of hydrogen-bond donors (Lipinski definition) is 2. The Labute approximate surface area is 212 Å². The molecular formula is C27H26F2N4O4. The van der Waals surface area contributed by atoms with Crippen LogP contribution in [0, 0.1) is 12.3 Å². The maximum absolute atomic E-state index is 13.8. The number of amides is 3. The molecule has 10 heteroatoms. The van der Waals surface area contributed by atoms with Crippen LogP contribution in [0.1, 0.15) is 29.8 Å². The Bertz CT molecular complexity index is 1430. The fourth-order valence-corrected chi connectivity index (χ4v) is 5.41. The lowest BCUT2D eigenvalue weighted by Crippen LogP contribution is -2.53. The van der Waals surface area contributed by atoms with Crippen LogP contribution in [0.4, 0.5) is 13.6 Å². The minimum absolute atomic E-state index is 0.00205. The summed E-state index contributed by atoms with van der Waals surface area (Å²) in [6.45, 7) is -0.311. The molecule has 2 atom stereocenters. The second kappa shape index (κ2) is 9.09. The van der Waals surface area contributed by atoms with Crippen LogP contribution in [-0.2, 0) is 11.2 Å². The van der Waals surface area contributed by atoms with E-state index in [0.29, 0.717) is 35.2 Å². The number of alkyl halides is 2. The Balaban J connectivity index is 1.64. The lowest BCUT2D eigenvalue weighted by molar-refractivity contribution is -0.133. The van der Waals surface area contributed by atoms with Gasteiger partial charge in [-0.25, -0.2) is 4.79 Å². The normalized spacial score (nSPS) is 21.1. The molecule has 2 aromatic carbocycles. The molecule has 0 radical (unpaired) electrons. The summed E-state index contributed by atoms with van der Waals surface area (Å²) in [5.74, 6) is 2.20. The number of phenols is 1. The highest BCUT2D eigenvalue weighted by Crippen LogP contribution is 2.49. The number of carbonyl (C=O) groups excluding carboxylic acids is 2. The number of aromatic hydroxyl groups is 1. The SMILES string of the molecule is C#CCN(C)CCN1C(=O)N2C(c3cccc(O)c3)c3[nH]c4ccc(OC(F)F)cc4c3CC2(C)C1=O. The standard InChI is InChI=1S/C27H26F2N4O4/c1-4-10-31(3)11-12-32-24(35)27(2)15-20-19-14-18(37-25(28)29)8-9-21(19)30-22(20)23(33(27)26(32)36)16-6-5-7-17(34)13-16/h1,5-9,13-14,23,25,30,34H,10-12,15H2,2-3H3. The highest BCUT2D eigenvalue weighted by Gasteiger charge is 2.60. The van der Waals surface area contributed by atoms with E-state index in [9.17, 15) is 23.5 Å². The average Bonchev–Trinajstić information content (AvgIpc) is 3.28. The van der Waals surface area contributed by atoms with Gasteiger partial charge >= 0.3 is 12.6 Å². The van der Waals surface area contributed by atoms with Gasteiger partial charge in [-0.05, 0) is 55.4 Å². The molecule has 2 aliphatic heterocycles. The first-order valence-corrected chi connectivity index (χ1v) is 11.8. The van der Waals surface area contributed by atoms with Gasteiger partial charge in [0.2, 0.25) is 0 Å². The average molecular weight is 509 g/mol. The zero-order chi connectivity index (χ0) is 26.5. The van der Waals surface area contributed by atoms with E-state index in [2.05, 4.69) is 15.6 Å². The number of phenolic OH excluding ortho intramolecular Hbond substituents is 1. The van der Waals surface area contributed by atoms with Gasteiger partial charge in [0.05, 0.1) is 6.54 Å². The summed E-state index contributed by atoms with van der Waals surface area (Å²) in [7, 11) is 1.81. The van der Waals surface area contributed by atoms with Crippen molar-refractivity contribution in [3.05, 3.63) is 59.3 Å². The first-order chi connectivity index (χ1) is 17.6. The van der Waals surface area contributed by atoms with E-state index in [-0.39, 0.29) is 30.4 Å². The van der Waals surface area contributed by atoms with Crippen molar-refractivity contribution in [3.8, 4) is 23.8 Å². The summed E-state index contributed by atoms with van der Waals surface area (Å²) in [4.78, 5) is 35.5. The van der Waals surface area contributed by atoms with Gasteiger partial charge in [-0.15, -0.1) is 6.42 Å². The molecule has 8 nitrogen and oxygen atoms in total. The van der Waals surface area contributed by atoms with Crippen molar-refractivity contribution in [2.24, 2.45) is 0 Å². The summed E-state index contributed by atoms with van der Waals surface area (Å²) in [6, 6.07) is 9.94. The van der Waals surface area contributed by atoms with Gasteiger partial charge in [0.25, 0.3) is 5.91 Å². The fourth-order valence-electron chi connectivity index (χ4n) is 5.41. The molecule has 2 aliphatic rings. The first-order valence-electron chi connectivity index (χ1n) is 11.8. The van der Waals surface area contributed by atoms with Crippen LogP contribution in [0.2, 0.25) is 0 Å². The number of fused-ring (bicyclic) bond motifs is 4. The molecule has 1 fully saturated rings. The molecule has 0 spiro atoms.